The highest BCUT2D eigenvalue weighted by Crippen LogP contribution is 2.39. The number of aryl methyl sites for hydroxylation is 1. The summed E-state index contributed by atoms with van der Waals surface area (Å²) >= 11 is 1.61. The van der Waals surface area contributed by atoms with Gasteiger partial charge in [0.1, 0.15) is 12.4 Å². The summed E-state index contributed by atoms with van der Waals surface area (Å²) in [6, 6.07) is 7.78. The Balaban J connectivity index is 1.73. The first kappa shape index (κ1) is 29.9. The van der Waals surface area contributed by atoms with E-state index in [4.69, 9.17) is 9.47 Å². The van der Waals surface area contributed by atoms with Gasteiger partial charge in [-0.1, -0.05) is 63.1 Å². The quantitative estimate of drug-likeness (QED) is 0.203. The first-order valence-electron chi connectivity index (χ1n) is 13.3. The molecule has 0 amide bonds. The van der Waals surface area contributed by atoms with E-state index in [1.165, 1.54) is 7.11 Å². The maximum absolute atomic E-state index is 12.2. The van der Waals surface area contributed by atoms with Gasteiger partial charge in [0.25, 0.3) is 0 Å². The lowest BCUT2D eigenvalue weighted by Crippen LogP contribution is -2.27. The Bertz CT molecular complexity index is 712. The molecule has 1 aliphatic rings. The summed E-state index contributed by atoms with van der Waals surface area (Å²) in [4.78, 5) is 12.2. The van der Waals surface area contributed by atoms with Crippen molar-refractivity contribution < 1.29 is 29.6 Å². The summed E-state index contributed by atoms with van der Waals surface area (Å²) in [5.41, 5.74) is 1.16. The summed E-state index contributed by atoms with van der Waals surface area (Å²) in [6.07, 6.45) is 7.40. The first-order valence-corrected chi connectivity index (χ1v) is 14.3. The predicted molar refractivity (Wildman–Crippen MR) is 142 cm³/mol. The van der Waals surface area contributed by atoms with E-state index in [0.717, 1.165) is 62.7 Å². The van der Waals surface area contributed by atoms with Crippen molar-refractivity contribution in [3.63, 3.8) is 0 Å². The van der Waals surface area contributed by atoms with Crippen LogP contribution in [0, 0.1) is 18.8 Å². The number of esters is 1. The van der Waals surface area contributed by atoms with Gasteiger partial charge in [-0.2, -0.15) is 11.8 Å². The van der Waals surface area contributed by atoms with E-state index in [9.17, 15) is 20.1 Å². The van der Waals surface area contributed by atoms with E-state index in [-0.39, 0.29) is 29.2 Å². The van der Waals surface area contributed by atoms with Gasteiger partial charge in [0.05, 0.1) is 31.3 Å². The Morgan fingerprint density at radius 1 is 1.06 bits per heavy atom. The van der Waals surface area contributed by atoms with E-state index in [0.29, 0.717) is 25.2 Å². The lowest BCUT2D eigenvalue weighted by atomic mass is 9.95. The van der Waals surface area contributed by atoms with Crippen molar-refractivity contribution in [2.45, 2.75) is 102 Å². The molecule has 0 aliphatic heterocycles. The van der Waals surface area contributed by atoms with Crippen molar-refractivity contribution in [3.05, 3.63) is 29.8 Å². The van der Waals surface area contributed by atoms with E-state index >= 15 is 0 Å². The summed E-state index contributed by atoms with van der Waals surface area (Å²) in [5.74, 6) is 0.839. The molecule has 0 spiro atoms. The van der Waals surface area contributed by atoms with E-state index < -0.39 is 12.2 Å². The lowest BCUT2D eigenvalue weighted by Gasteiger charge is -2.24. The Morgan fingerprint density at radius 2 is 1.77 bits per heavy atom. The van der Waals surface area contributed by atoms with E-state index in [1.807, 2.05) is 31.2 Å². The van der Waals surface area contributed by atoms with Gasteiger partial charge in [0.15, 0.2) is 0 Å². The molecular formula is C28H46O6S. The maximum atomic E-state index is 12.2. The Morgan fingerprint density at radius 3 is 2.46 bits per heavy atom. The average molecular weight is 511 g/mol. The Kier molecular flexibility index (Phi) is 14.1. The fourth-order valence-electron chi connectivity index (χ4n) is 4.80. The highest BCUT2D eigenvalue weighted by Gasteiger charge is 2.41. The molecule has 7 heteroatoms. The van der Waals surface area contributed by atoms with Gasteiger partial charge in [0, 0.05) is 17.4 Å². The number of methoxy groups -OCH3 is 1. The third kappa shape index (κ3) is 10.7. The van der Waals surface area contributed by atoms with Crippen LogP contribution in [-0.4, -0.2) is 64.3 Å². The van der Waals surface area contributed by atoms with E-state index in [2.05, 4.69) is 6.92 Å². The molecule has 0 heterocycles. The molecule has 2 rings (SSSR count). The molecule has 1 aliphatic carbocycles. The van der Waals surface area contributed by atoms with Crippen LogP contribution in [0.4, 0.5) is 0 Å². The molecule has 1 fully saturated rings. The molecular weight excluding hydrogens is 464 g/mol. The molecule has 200 valence electrons. The number of carbonyl (C=O) groups is 1. The zero-order valence-electron chi connectivity index (χ0n) is 21.7. The number of hydrogen-bond donors (Lipinski definition) is 3. The Hall–Kier alpha value is -1.28. The normalized spacial score (nSPS) is 23.7. The third-order valence-electron chi connectivity index (χ3n) is 7.00. The SMILES string of the molecule is CCCCCC(O)CS[C@H]1C(O)CC(O)[C@@H]1CCCCCC(COc1ccc(C)cc1)C(=O)OC. The molecule has 35 heavy (non-hydrogen) atoms. The minimum absolute atomic E-state index is 0.0310. The van der Waals surface area contributed by atoms with Crippen molar-refractivity contribution in [3.8, 4) is 5.75 Å². The lowest BCUT2D eigenvalue weighted by molar-refractivity contribution is -0.146. The van der Waals surface area contributed by atoms with Crippen LogP contribution >= 0.6 is 11.8 Å². The van der Waals surface area contributed by atoms with Crippen LogP contribution in [-0.2, 0) is 9.53 Å². The van der Waals surface area contributed by atoms with Crippen molar-refractivity contribution in [2.24, 2.45) is 11.8 Å². The summed E-state index contributed by atoms with van der Waals surface area (Å²) in [5, 5.41) is 31.2. The standard InChI is InChI=1S/C28H46O6S/c1-4-5-7-11-22(29)19-35-27-24(25(30)17-26(27)31)12-9-6-8-10-21(28(32)33-3)18-34-23-15-13-20(2)14-16-23/h13-16,21-22,24-27,29-31H,4-12,17-19H2,1-3H3/t21?,22?,24-,25?,26?,27+/m0/s1. The number of benzene rings is 1. The topological polar surface area (TPSA) is 96.2 Å². The second-order valence-corrected chi connectivity index (χ2v) is 11.2. The van der Waals surface area contributed by atoms with Gasteiger partial charge in [-0.3, -0.25) is 4.79 Å². The van der Waals surface area contributed by atoms with Gasteiger partial charge in [0.2, 0.25) is 0 Å². The molecule has 1 saturated carbocycles. The number of thioether (sulfide) groups is 1. The second kappa shape index (κ2) is 16.5. The van der Waals surface area contributed by atoms with Gasteiger partial charge >= 0.3 is 5.97 Å². The van der Waals surface area contributed by atoms with Crippen molar-refractivity contribution >= 4 is 17.7 Å². The molecule has 1 aromatic carbocycles. The Labute approximate surface area is 215 Å². The summed E-state index contributed by atoms with van der Waals surface area (Å²) in [6.45, 7) is 4.46. The molecule has 0 bridgehead atoms. The van der Waals surface area contributed by atoms with Crippen LogP contribution < -0.4 is 4.74 Å². The molecule has 1 aromatic rings. The number of unbranched alkanes of at least 4 members (excludes halogenated alkanes) is 4. The zero-order valence-corrected chi connectivity index (χ0v) is 22.5. The number of aliphatic hydroxyl groups is 3. The molecule has 0 radical (unpaired) electrons. The van der Waals surface area contributed by atoms with Gasteiger partial charge < -0.3 is 24.8 Å². The van der Waals surface area contributed by atoms with Crippen LogP contribution in [0.15, 0.2) is 24.3 Å². The van der Waals surface area contributed by atoms with Crippen molar-refractivity contribution in [1.82, 2.24) is 0 Å². The minimum atomic E-state index is -0.523. The van der Waals surface area contributed by atoms with Crippen LogP contribution in [0.1, 0.15) is 76.7 Å². The molecule has 3 N–H and O–H groups in total. The molecule has 0 aromatic heterocycles. The number of hydrogen-bond acceptors (Lipinski definition) is 7. The van der Waals surface area contributed by atoms with Gasteiger partial charge in [-0.05, 0) is 44.2 Å². The molecule has 6 nitrogen and oxygen atoms in total. The zero-order chi connectivity index (χ0) is 25.6. The van der Waals surface area contributed by atoms with Crippen molar-refractivity contribution in [1.29, 1.82) is 0 Å². The van der Waals surface area contributed by atoms with Crippen LogP contribution in [0.5, 0.6) is 5.75 Å². The minimum Gasteiger partial charge on any atom is -0.493 e. The fraction of sp³-hybridized carbons (Fsp3) is 0.750. The monoisotopic (exact) mass is 510 g/mol. The number of ether oxygens (including phenoxy) is 2. The largest absolute Gasteiger partial charge is 0.493 e. The molecule has 4 unspecified atom stereocenters. The molecule has 6 atom stereocenters. The number of carbonyl (C=O) groups excluding carboxylic acids is 1. The summed E-state index contributed by atoms with van der Waals surface area (Å²) < 4.78 is 10.8. The highest BCUT2D eigenvalue weighted by atomic mass is 32.2. The smallest absolute Gasteiger partial charge is 0.312 e. The fourth-order valence-corrected chi connectivity index (χ4v) is 6.31. The predicted octanol–water partition coefficient (Wildman–Crippen LogP) is 4.90. The van der Waals surface area contributed by atoms with Crippen LogP contribution in [0.3, 0.4) is 0 Å². The average Bonchev–Trinajstić information content (AvgIpc) is 3.11. The second-order valence-electron chi connectivity index (χ2n) is 9.96. The maximum Gasteiger partial charge on any atom is 0.312 e. The molecule has 0 saturated heterocycles. The third-order valence-corrected chi connectivity index (χ3v) is 8.62. The number of aliphatic hydroxyl groups excluding tert-OH is 3. The van der Waals surface area contributed by atoms with E-state index in [1.54, 1.807) is 11.8 Å². The first-order chi connectivity index (χ1) is 16.8. The van der Waals surface area contributed by atoms with Crippen LogP contribution in [0.2, 0.25) is 0 Å². The van der Waals surface area contributed by atoms with Gasteiger partial charge in [-0.15, -0.1) is 0 Å². The van der Waals surface area contributed by atoms with Gasteiger partial charge in [-0.25, -0.2) is 0 Å². The number of rotatable bonds is 17. The summed E-state index contributed by atoms with van der Waals surface area (Å²) in [7, 11) is 1.41. The van der Waals surface area contributed by atoms with Crippen LogP contribution in [0.25, 0.3) is 0 Å². The highest BCUT2D eigenvalue weighted by molar-refractivity contribution is 8.00. The van der Waals surface area contributed by atoms with Crippen molar-refractivity contribution in [2.75, 3.05) is 19.5 Å².